The Hall–Kier alpha value is -2.95. The lowest BCUT2D eigenvalue weighted by Gasteiger charge is -2.12. The molecule has 0 aliphatic heterocycles. The molecule has 5 heteroatoms. The van der Waals surface area contributed by atoms with Crippen molar-refractivity contribution in [1.82, 2.24) is 9.97 Å². The van der Waals surface area contributed by atoms with Crippen molar-refractivity contribution in [3.63, 3.8) is 0 Å². The van der Waals surface area contributed by atoms with Crippen LogP contribution in [0.3, 0.4) is 0 Å². The number of anilines is 1. The first-order chi connectivity index (χ1) is 10.6. The highest BCUT2D eigenvalue weighted by Crippen LogP contribution is 2.26. The minimum Gasteiger partial charge on any atom is -0.478 e. The van der Waals surface area contributed by atoms with Crippen molar-refractivity contribution < 1.29 is 9.90 Å². The van der Waals surface area contributed by atoms with Gasteiger partial charge in [0.15, 0.2) is 0 Å². The summed E-state index contributed by atoms with van der Waals surface area (Å²) >= 11 is 0. The van der Waals surface area contributed by atoms with E-state index in [0.29, 0.717) is 12.1 Å². The van der Waals surface area contributed by atoms with E-state index in [-0.39, 0.29) is 5.56 Å². The SMILES string of the molecule is Cc1cc(NCc2cccnc2)c2cccc(C(=O)O)c2n1. The maximum absolute atomic E-state index is 11.3. The maximum atomic E-state index is 11.3. The van der Waals surface area contributed by atoms with Gasteiger partial charge in [-0.2, -0.15) is 0 Å². The van der Waals surface area contributed by atoms with E-state index in [1.54, 1.807) is 24.5 Å². The summed E-state index contributed by atoms with van der Waals surface area (Å²) in [7, 11) is 0. The fourth-order valence-corrected chi connectivity index (χ4v) is 2.40. The van der Waals surface area contributed by atoms with Crippen LogP contribution in [0.1, 0.15) is 21.6 Å². The number of hydrogen-bond donors (Lipinski definition) is 2. The molecule has 3 rings (SSSR count). The van der Waals surface area contributed by atoms with E-state index in [1.807, 2.05) is 31.2 Å². The molecule has 2 N–H and O–H groups in total. The molecule has 0 aliphatic rings. The third kappa shape index (κ3) is 2.74. The molecule has 0 radical (unpaired) electrons. The number of carboxylic acid groups (broad SMARTS) is 1. The Labute approximate surface area is 127 Å². The number of aryl methyl sites for hydroxylation is 1. The van der Waals surface area contributed by atoms with Gasteiger partial charge in [-0.1, -0.05) is 18.2 Å². The predicted octanol–water partition coefficient (Wildman–Crippen LogP) is 3.25. The van der Waals surface area contributed by atoms with E-state index < -0.39 is 5.97 Å². The molecule has 2 heterocycles. The number of aromatic nitrogens is 2. The molecular formula is C17H15N3O2. The van der Waals surface area contributed by atoms with Crippen LogP contribution in [-0.4, -0.2) is 21.0 Å². The molecule has 0 unspecified atom stereocenters. The van der Waals surface area contributed by atoms with E-state index >= 15 is 0 Å². The lowest BCUT2D eigenvalue weighted by atomic mass is 10.1. The summed E-state index contributed by atoms with van der Waals surface area (Å²) in [5.74, 6) is -0.970. The van der Waals surface area contributed by atoms with Crippen LogP contribution in [-0.2, 0) is 6.54 Å². The Bertz CT molecular complexity index is 832. The molecule has 0 saturated carbocycles. The molecule has 0 atom stereocenters. The molecule has 0 amide bonds. The number of benzene rings is 1. The van der Waals surface area contributed by atoms with Crippen molar-refractivity contribution in [3.05, 3.63) is 65.6 Å². The Morgan fingerprint density at radius 2 is 2.14 bits per heavy atom. The average molecular weight is 293 g/mol. The summed E-state index contributed by atoms with van der Waals surface area (Å²) in [6, 6.07) is 11.0. The molecule has 1 aromatic carbocycles. The summed E-state index contributed by atoms with van der Waals surface area (Å²) in [5, 5.41) is 13.4. The highest BCUT2D eigenvalue weighted by atomic mass is 16.4. The maximum Gasteiger partial charge on any atom is 0.337 e. The van der Waals surface area contributed by atoms with Crippen LogP contribution < -0.4 is 5.32 Å². The fraction of sp³-hybridized carbons (Fsp3) is 0.118. The normalized spacial score (nSPS) is 10.6. The number of pyridine rings is 2. The van der Waals surface area contributed by atoms with Crippen LogP contribution >= 0.6 is 0 Å². The standard InChI is InChI=1S/C17H15N3O2/c1-11-8-15(19-10-12-4-3-7-18-9-12)13-5-2-6-14(17(21)22)16(13)20-11/h2-9H,10H2,1H3,(H,19,20)(H,21,22). The van der Waals surface area contributed by atoms with Gasteiger partial charge < -0.3 is 10.4 Å². The number of nitrogens with one attached hydrogen (secondary N) is 1. The molecule has 0 fully saturated rings. The molecule has 110 valence electrons. The van der Waals surface area contributed by atoms with Crippen LogP contribution in [0.4, 0.5) is 5.69 Å². The molecule has 2 aromatic heterocycles. The second-order valence-electron chi connectivity index (χ2n) is 5.03. The molecule has 0 saturated heterocycles. The van der Waals surface area contributed by atoms with Crippen LogP contribution in [0, 0.1) is 6.92 Å². The molecule has 22 heavy (non-hydrogen) atoms. The highest BCUT2D eigenvalue weighted by Gasteiger charge is 2.12. The van der Waals surface area contributed by atoms with E-state index in [2.05, 4.69) is 15.3 Å². The minimum atomic E-state index is -0.970. The molecule has 0 spiro atoms. The zero-order chi connectivity index (χ0) is 15.5. The van der Waals surface area contributed by atoms with Gasteiger partial charge in [-0.05, 0) is 30.7 Å². The monoisotopic (exact) mass is 293 g/mol. The van der Waals surface area contributed by atoms with Crippen molar-refractivity contribution in [2.45, 2.75) is 13.5 Å². The Kier molecular flexibility index (Phi) is 3.70. The van der Waals surface area contributed by atoms with Gasteiger partial charge in [0.2, 0.25) is 0 Å². The van der Waals surface area contributed by atoms with Crippen molar-refractivity contribution >= 4 is 22.6 Å². The van der Waals surface area contributed by atoms with Crippen molar-refractivity contribution in [1.29, 1.82) is 0 Å². The van der Waals surface area contributed by atoms with Gasteiger partial charge in [0.25, 0.3) is 0 Å². The van der Waals surface area contributed by atoms with Crippen LogP contribution in [0.5, 0.6) is 0 Å². The van der Waals surface area contributed by atoms with Crippen molar-refractivity contribution in [3.8, 4) is 0 Å². The first-order valence-electron chi connectivity index (χ1n) is 6.91. The third-order valence-electron chi connectivity index (χ3n) is 3.40. The quantitative estimate of drug-likeness (QED) is 0.772. The minimum absolute atomic E-state index is 0.214. The van der Waals surface area contributed by atoms with Gasteiger partial charge >= 0.3 is 5.97 Å². The second kappa shape index (κ2) is 5.81. The number of fused-ring (bicyclic) bond motifs is 1. The Morgan fingerprint density at radius 1 is 1.27 bits per heavy atom. The van der Waals surface area contributed by atoms with Gasteiger partial charge in [0.05, 0.1) is 11.1 Å². The van der Waals surface area contributed by atoms with Crippen molar-refractivity contribution in [2.75, 3.05) is 5.32 Å². The summed E-state index contributed by atoms with van der Waals surface area (Å²) in [4.78, 5) is 19.8. The van der Waals surface area contributed by atoms with E-state index in [1.165, 1.54) is 0 Å². The van der Waals surface area contributed by atoms with Gasteiger partial charge in [-0.25, -0.2) is 4.79 Å². The molecule has 0 bridgehead atoms. The van der Waals surface area contributed by atoms with Crippen LogP contribution in [0.15, 0.2) is 48.8 Å². The third-order valence-corrected chi connectivity index (χ3v) is 3.40. The van der Waals surface area contributed by atoms with E-state index in [0.717, 1.165) is 22.3 Å². The fourth-order valence-electron chi connectivity index (χ4n) is 2.40. The van der Waals surface area contributed by atoms with Gasteiger partial charge in [0.1, 0.15) is 0 Å². The number of para-hydroxylation sites is 1. The summed E-state index contributed by atoms with van der Waals surface area (Å²) < 4.78 is 0. The van der Waals surface area contributed by atoms with Gasteiger partial charge in [-0.3, -0.25) is 9.97 Å². The number of hydrogen-bond acceptors (Lipinski definition) is 4. The topological polar surface area (TPSA) is 75.1 Å². The van der Waals surface area contributed by atoms with E-state index in [4.69, 9.17) is 0 Å². The summed E-state index contributed by atoms with van der Waals surface area (Å²) in [6.07, 6.45) is 3.53. The number of aromatic carboxylic acids is 1. The lowest BCUT2D eigenvalue weighted by Crippen LogP contribution is -2.04. The zero-order valence-electron chi connectivity index (χ0n) is 12.1. The molecule has 3 aromatic rings. The lowest BCUT2D eigenvalue weighted by molar-refractivity contribution is 0.0699. The van der Waals surface area contributed by atoms with Gasteiger partial charge in [0, 0.05) is 35.7 Å². The van der Waals surface area contributed by atoms with Crippen molar-refractivity contribution in [2.24, 2.45) is 0 Å². The summed E-state index contributed by atoms with van der Waals surface area (Å²) in [6.45, 7) is 2.47. The first kappa shape index (κ1) is 14.0. The Balaban J connectivity index is 2.02. The van der Waals surface area contributed by atoms with Gasteiger partial charge in [-0.15, -0.1) is 0 Å². The average Bonchev–Trinajstić information content (AvgIpc) is 2.52. The number of carboxylic acids is 1. The molecular weight excluding hydrogens is 278 g/mol. The largest absolute Gasteiger partial charge is 0.478 e. The number of rotatable bonds is 4. The van der Waals surface area contributed by atoms with Crippen LogP contribution in [0.2, 0.25) is 0 Å². The second-order valence-corrected chi connectivity index (χ2v) is 5.03. The molecule has 0 aliphatic carbocycles. The first-order valence-corrected chi connectivity index (χ1v) is 6.91. The zero-order valence-corrected chi connectivity index (χ0v) is 12.1. The predicted molar refractivity (Wildman–Crippen MR) is 85.0 cm³/mol. The Morgan fingerprint density at radius 3 is 2.86 bits per heavy atom. The molecule has 5 nitrogen and oxygen atoms in total. The smallest absolute Gasteiger partial charge is 0.337 e. The number of carbonyl (C=O) groups is 1. The number of nitrogens with zero attached hydrogens (tertiary/aromatic N) is 2. The highest BCUT2D eigenvalue weighted by molar-refractivity contribution is 6.05. The van der Waals surface area contributed by atoms with E-state index in [9.17, 15) is 9.90 Å². The van der Waals surface area contributed by atoms with Crippen LogP contribution in [0.25, 0.3) is 10.9 Å². The summed E-state index contributed by atoms with van der Waals surface area (Å²) in [5.41, 5.74) is 3.41.